The number of aliphatic hydroxyl groups is 1. The number of hydrogen-bond donors (Lipinski definition) is 3. The molecule has 3 N–H and O–H groups in total. The number of carbonyl (C=O) groups is 1. The summed E-state index contributed by atoms with van der Waals surface area (Å²) in [6.45, 7) is 9.51. The summed E-state index contributed by atoms with van der Waals surface area (Å²) in [4.78, 5) is 20.7. The van der Waals surface area contributed by atoms with Gasteiger partial charge in [0.15, 0.2) is 0 Å². The standard InChI is InChI=1S/C30H36Cl2N4O2/c1-18-3-4-23-26(11-18)33-17-30(23)7-10-35(15-19(30)2)16-28(37)20-5-8-36(9-6-20)29(38)27-14-22-24(32)12-21(31)13-25(22)34-27/h3-4,11-14,19-20,28,33-34,37H,5-10,15-17H2,1-2H3/t19-,28-,30+/m1/s1. The van der Waals surface area contributed by atoms with E-state index in [1.807, 2.05) is 4.90 Å². The van der Waals surface area contributed by atoms with Crippen molar-refractivity contribution in [1.82, 2.24) is 14.8 Å². The van der Waals surface area contributed by atoms with Gasteiger partial charge in [-0.2, -0.15) is 0 Å². The quantitative estimate of drug-likeness (QED) is 0.386. The molecule has 0 radical (unpaired) electrons. The molecular formula is C30H36Cl2N4O2. The fourth-order valence-corrected chi connectivity index (χ4v) is 7.57. The van der Waals surface area contributed by atoms with Crippen molar-refractivity contribution in [3.8, 4) is 0 Å². The smallest absolute Gasteiger partial charge is 0.270 e. The largest absolute Gasteiger partial charge is 0.392 e. The van der Waals surface area contributed by atoms with E-state index in [0.29, 0.717) is 41.3 Å². The Labute approximate surface area is 234 Å². The monoisotopic (exact) mass is 554 g/mol. The summed E-state index contributed by atoms with van der Waals surface area (Å²) in [6, 6.07) is 12.1. The van der Waals surface area contributed by atoms with Crippen LogP contribution in [0.1, 0.15) is 47.8 Å². The number of H-pyrrole nitrogens is 1. The van der Waals surface area contributed by atoms with E-state index in [0.717, 1.165) is 49.8 Å². The van der Waals surface area contributed by atoms with Gasteiger partial charge < -0.3 is 25.2 Å². The highest BCUT2D eigenvalue weighted by Crippen LogP contribution is 2.47. The lowest BCUT2D eigenvalue weighted by Gasteiger charge is -2.46. The Bertz CT molecular complexity index is 1370. The van der Waals surface area contributed by atoms with E-state index < -0.39 is 0 Å². The van der Waals surface area contributed by atoms with E-state index >= 15 is 0 Å². The fraction of sp³-hybridized carbons (Fsp3) is 0.500. The van der Waals surface area contributed by atoms with Crippen molar-refractivity contribution in [3.63, 3.8) is 0 Å². The summed E-state index contributed by atoms with van der Waals surface area (Å²) in [7, 11) is 0. The van der Waals surface area contributed by atoms with Gasteiger partial charge in [0.2, 0.25) is 0 Å². The van der Waals surface area contributed by atoms with Crippen LogP contribution in [0.15, 0.2) is 36.4 Å². The predicted octanol–water partition coefficient (Wildman–Crippen LogP) is 5.70. The molecule has 3 aliphatic rings. The number of hydrogen-bond acceptors (Lipinski definition) is 4. The number of nitrogens with zero attached hydrogens (tertiary/aromatic N) is 2. The number of aryl methyl sites for hydroxylation is 1. The molecule has 1 spiro atoms. The number of nitrogens with one attached hydrogen (secondary N) is 2. The predicted molar refractivity (Wildman–Crippen MR) is 155 cm³/mol. The minimum atomic E-state index is -0.376. The van der Waals surface area contributed by atoms with Gasteiger partial charge in [0.25, 0.3) is 5.91 Å². The first kappa shape index (κ1) is 26.0. The third kappa shape index (κ3) is 4.60. The van der Waals surface area contributed by atoms with Gasteiger partial charge in [-0.25, -0.2) is 0 Å². The zero-order valence-electron chi connectivity index (χ0n) is 22.1. The first-order valence-corrected chi connectivity index (χ1v) is 14.5. The summed E-state index contributed by atoms with van der Waals surface area (Å²) in [5.41, 5.74) is 5.54. The van der Waals surface area contributed by atoms with Crippen LogP contribution < -0.4 is 5.32 Å². The highest BCUT2D eigenvalue weighted by molar-refractivity contribution is 6.38. The van der Waals surface area contributed by atoms with Crippen LogP contribution >= 0.6 is 23.2 Å². The number of amides is 1. The Morgan fingerprint density at radius 1 is 1.16 bits per heavy atom. The van der Waals surface area contributed by atoms with Crippen LogP contribution in [-0.4, -0.2) is 71.2 Å². The first-order valence-electron chi connectivity index (χ1n) is 13.8. The molecule has 0 bridgehead atoms. The van der Waals surface area contributed by atoms with Crippen molar-refractivity contribution < 1.29 is 9.90 Å². The molecule has 38 heavy (non-hydrogen) atoms. The zero-order chi connectivity index (χ0) is 26.6. The van der Waals surface area contributed by atoms with E-state index in [-0.39, 0.29) is 23.3 Å². The molecule has 2 aromatic carbocycles. The number of rotatable bonds is 4. The second-order valence-corrected chi connectivity index (χ2v) is 12.5. The maximum absolute atomic E-state index is 13.2. The van der Waals surface area contributed by atoms with Crippen LogP contribution in [-0.2, 0) is 5.41 Å². The van der Waals surface area contributed by atoms with Gasteiger partial charge in [-0.05, 0) is 80.0 Å². The lowest BCUT2D eigenvalue weighted by molar-refractivity contribution is 0.0110. The van der Waals surface area contributed by atoms with Crippen molar-refractivity contribution in [2.24, 2.45) is 11.8 Å². The molecular weight excluding hydrogens is 519 g/mol. The number of anilines is 1. The van der Waals surface area contributed by atoms with Crippen LogP contribution in [0.25, 0.3) is 10.9 Å². The molecule has 3 aromatic rings. The maximum atomic E-state index is 13.2. The van der Waals surface area contributed by atoms with Crippen LogP contribution in [0.3, 0.4) is 0 Å². The van der Waals surface area contributed by atoms with Gasteiger partial charge in [-0.1, -0.05) is 42.3 Å². The maximum Gasteiger partial charge on any atom is 0.270 e. The van der Waals surface area contributed by atoms with Crippen LogP contribution in [0.2, 0.25) is 10.0 Å². The number of piperidine rings is 2. The Morgan fingerprint density at radius 3 is 2.71 bits per heavy atom. The van der Waals surface area contributed by atoms with E-state index in [4.69, 9.17) is 23.2 Å². The molecule has 2 saturated heterocycles. The average Bonchev–Trinajstić information content (AvgIpc) is 3.48. The van der Waals surface area contributed by atoms with Crippen molar-refractivity contribution in [2.45, 2.75) is 44.6 Å². The van der Waals surface area contributed by atoms with E-state index in [2.05, 4.69) is 47.2 Å². The molecule has 202 valence electrons. The first-order chi connectivity index (χ1) is 18.2. The van der Waals surface area contributed by atoms with Crippen molar-refractivity contribution in [2.75, 3.05) is 44.6 Å². The summed E-state index contributed by atoms with van der Waals surface area (Å²) in [5, 5.41) is 16.7. The summed E-state index contributed by atoms with van der Waals surface area (Å²) >= 11 is 12.4. The third-order valence-corrected chi connectivity index (χ3v) is 9.89. The third-order valence-electron chi connectivity index (χ3n) is 9.35. The Hall–Kier alpha value is -2.25. The molecule has 1 aromatic heterocycles. The summed E-state index contributed by atoms with van der Waals surface area (Å²) < 4.78 is 0. The second-order valence-electron chi connectivity index (χ2n) is 11.7. The second kappa shape index (κ2) is 10.1. The van der Waals surface area contributed by atoms with Crippen molar-refractivity contribution in [3.05, 3.63) is 63.3 Å². The number of aromatic amines is 1. The number of carbonyl (C=O) groups excluding carboxylic acids is 1. The highest BCUT2D eigenvalue weighted by Gasteiger charge is 2.46. The van der Waals surface area contributed by atoms with Gasteiger partial charge in [0.05, 0.1) is 11.1 Å². The molecule has 0 unspecified atom stereocenters. The average molecular weight is 556 g/mol. The van der Waals surface area contributed by atoms with Gasteiger partial charge in [-0.3, -0.25) is 4.79 Å². The lowest BCUT2D eigenvalue weighted by Crippen LogP contribution is -2.52. The molecule has 2 fully saturated rings. The minimum Gasteiger partial charge on any atom is -0.392 e. The van der Waals surface area contributed by atoms with Gasteiger partial charge in [0, 0.05) is 59.8 Å². The molecule has 6 nitrogen and oxygen atoms in total. The number of benzene rings is 2. The van der Waals surface area contributed by atoms with Crippen LogP contribution in [0.4, 0.5) is 5.69 Å². The Balaban J connectivity index is 1.03. The molecule has 0 aliphatic carbocycles. The number of β-amino-alcohol motifs (C(OH)–C–C–N with tert-alkyl or cyclic N) is 1. The van der Waals surface area contributed by atoms with Crippen molar-refractivity contribution >= 4 is 45.7 Å². The molecule has 6 rings (SSSR count). The number of halogens is 2. The molecule has 8 heteroatoms. The number of aliphatic hydroxyl groups excluding tert-OH is 1. The van der Waals surface area contributed by atoms with Gasteiger partial charge in [-0.15, -0.1) is 0 Å². The van der Waals surface area contributed by atoms with E-state index in [1.54, 1.807) is 18.2 Å². The topological polar surface area (TPSA) is 71.6 Å². The SMILES string of the molecule is Cc1ccc2c(c1)NC[C@]21CCN(C[C@@H](O)C2CCN(C(=O)c3cc4c(Cl)cc(Cl)cc4[nH]3)CC2)C[C@H]1C. The summed E-state index contributed by atoms with van der Waals surface area (Å²) in [6.07, 6.45) is 2.35. The van der Waals surface area contributed by atoms with Crippen molar-refractivity contribution in [1.29, 1.82) is 0 Å². The highest BCUT2D eigenvalue weighted by atomic mass is 35.5. The minimum absolute atomic E-state index is 0.0304. The lowest BCUT2D eigenvalue weighted by atomic mass is 9.67. The van der Waals surface area contributed by atoms with E-state index in [1.165, 1.54) is 16.8 Å². The molecule has 3 aliphatic heterocycles. The van der Waals surface area contributed by atoms with Crippen LogP contribution in [0.5, 0.6) is 0 Å². The van der Waals surface area contributed by atoms with E-state index in [9.17, 15) is 9.90 Å². The molecule has 1 amide bonds. The Morgan fingerprint density at radius 2 is 1.95 bits per heavy atom. The van der Waals surface area contributed by atoms with Gasteiger partial charge >= 0.3 is 0 Å². The Kier molecular flexibility index (Phi) is 6.88. The number of fused-ring (bicyclic) bond motifs is 3. The fourth-order valence-electron chi connectivity index (χ4n) is 7.02. The van der Waals surface area contributed by atoms with Gasteiger partial charge in [0.1, 0.15) is 5.69 Å². The number of aromatic nitrogens is 1. The normalized spacial score (nSPS) is 25.1. The molecule has 4 heterocycles. The van der Waals surface area contributed by atoms with Crippen LogP contribution in [0, 0.1) is 18.8 Å². The molecule has 3 atom stereocenters. The summed E-state index contributed by atoms with van der Waals surface area (Å²) in [5.74, 6) is 0.689. The number of likely N-dealkylation sites (tertiary alicyclic amines) is 2. The zero-order valence-corrected chi connectivity index (χ0v) is 23.6. The molecule has 0 saturated carbocycles.